The number of pyridine rings is 3. The molecule has 0 spiro atoms. The van der Waals surface area contributed by atoms with Crippen LogP contribution in [0.25, 0.3) is 61.5 Å². The monoisotopic (exact) mass is 779 g/mol. The van der Waals surface area contributed by atoms with E-state index in [1.54, 1.807) is 10.8 Å². The third-order valence-electron chi connectivity index (χ3n) is 13.8. The Hall–Kier alpha value is -5.13. The van der Waals surface area contributed by atoms with Gasteiger partial charge in [0.2, 0.25) is 17.1 Å². The first kappa shape index (κ1) is 37.2. The van der Waals surface area contributed by atoms with Crippen LogP contribution in [-0.4, -0.2) is 13.1 Å². The lowest BCUT2D eigenvalue weighted by molar-refractivity contribution is -0.719. The van der Waals surface area contributed by atoms with Crippen LogP contribution in [0.3, 0.4) is 0 Å². The molecular weight excluding hydrogens is 723 g/mol. The fraction of sp³-hybridized carbons (Fsp3) is 0.340. The van der Waals surface area contributed by atoms with Crippen molar-refractivity contribution in [2.45, 2.75) is 110 Å². The first-order valence-corrected chi connectivity index (χ1v) is 25.4. The molecule has 58 heavy (non-hydrogen) atoms. The van der Waals surface area contributed by atoms with Gasteiger partial charge in [0.1, 0.15) is 0 Å². The topological polar surface area (TPSA) is 33.8 Å². The van der Waals surface area contributed by atoms with Gasteiger partial charge in [-0.25, -0.2) is 4.98 Å². The molecule has 292 valence electrons. The highest BCUT2D eigenvalue weighted by molar-refractivity contribution is 6.89. The smallest absolute Gasteiger partial charge is 0.227 e. The van der Waals surface area contributed by atoms with Gasteiger partial charge in [-0.3, -0.25) is 0 Å². The van der Waals surface area contributed by atoms with E-state index in [1.807, 2.05) is 6.07 Å². The van der Waals surface area contributed by atoms with Crippen LogP contribution in [0.1, 0.15) is 98.1 Å². The van der Waals surface area contributed by atoms with E-state index in [9.17, 15) is 0 Å². The second-order valence-electron chi connectivity index (χ2n) is 19.0. The summed E-state index contributed by atoms with van der Waals surface area (Å²) >= 11 is 0. The van der Waals surface area contributed by atoms with E-state index in [4.69, 9.17) is 16.0 Å². The Labute approximate surface area is 345 Å². The number of hydrogen-bond donors (Lipinski definition) is 0. The summed E-state index contributed by atoms with van der Waals surface area (Å²) in [6.07, 6.45) is 14.5. The standard InChI is InChI=1S/C53H57N3OSi/c1-33(2)38-25-26-55-35(4)28-46-43(41-19-13-14-20-42(41)47-31-40(29-36-15-11-12-16-36)49(32-56(46)47)58(5,6)7)22-21-39-27-34(3)50-44-23-24-45(37-17-9-8-10-18-37)54-53(44)57-52(50)51(39)48(55)30-38/h8-10,13-14,17-20,23-27,30-33,36,43,46H,4,11-12,15-16,21-22,28-29H2,1-3,5-7H3/q+2. The molecule has 2 unspecified atom stereocenters. The van der Waals surface area contributed by atoms with E-state index < -0.39 is 8.07 Å². The lowest BCUT2D eigenvalue weighted by Crippen LogP contribution is -2.54. The second-order valence-corrected chi connectivity index (χ2v) is 24.0. The number of allylic oxidation sites excluding steroid dienone is 1. The molecule has 6 heterocycles. The van der Waals surface area contributed by atoms with Gasteiger partial charge in [-0.1, -0.05) is 114 Å². The number of nitrogens with zero attached hydrogens (tertiary/aromatic N) is 3. The molecule has 1 saturated carbocycles. The van der Waals surface area contributed by atoms with Gasteiger partial charge in [0.05, 0.1) is 25.8 Å². The summed E-state index contributed by atoms with van der Waals surface area (Å²) in [6.45, 7) is 19.4. The highest BCUT2D eigenvalue weighted by Gasteiger charge is 2.44. The summed E-state index contributed by atoms with van der Waals surface area (Å²) in [5.41, 5.74) is 16.9. The van der Waals surface area contributed by atoms with E-state index >= 15 is 0 Å². The number of hydrogen-bond acceptors (Lipinski definition) is 2. The molecule has 1 fully saturated rings. The van der Waals surface area contributed by atoms with Crippen LogP contribution in [0.2, 0.25) is 19.6 Å². The van der Waals surface area contributed by atoms with Gasteiger partial charge in [0.15, 0.2) is 29.7 Å². The predicted molar refractivity (Wildman–Crippen MR) is 242 cm³/mol. The van der Waals surface area contributed by atoms with E-state index in [-0.39, 0.29) is 6.04 Å². The van der Waals surface area contributed by atoms with Crippen LogP contribution in [0.4, 0.5) is 0 Å². The quantitative estimate of drug-likeness (QED) is 0.129. The largest absolute Gasteiger partial charge is 0.437 e. The van der Waals surface area contributed by atoms with Crippen molar-refractivity contribution in [3.63, 3.8) is 0 Å². The molecule has 0 amide bonds. The summed E-state index contributed by atoms with van der Waals surface area (Å²) < 4.78 is 12.1. The average molecular weight is 780 g/mol. The molecule has 5 heteroatoms. The van der Waals surface area contributed by atoms with Gasteiger partial charge >= 0.3 is 0 Å². The molecule has 1 aliphatic carbocycles. The van der Waals surface area contributed by atoms with Crippen molar-refractivity contribution in [2.24, 2.45) is 5.92 Å². The van der Waals surface area contributed by atoms with Gasteiger partial charge in [-0.05, 0) is 90.6 Å². The fourth-order valence-corrected chi connectivity index (χ4v) is 12.5. The minimum atomic E-state index is -1.67. The summed E-state index contributed by atoms with van der Waals surface area (Å²) in [5, 5.41) is 3.86. The number of benzene rings is 3. The molecule has 4 aromatic heterocycles. The van der Waals surface area contributed by atoms with Crippen molar-refractivity contribution in [2.75, 3.05) is 0 Å². The highest BCUT2D eigenvalue weighted by atomic mass is 28.3. The Balaban J connectivity index is 1.18. The van der Waals surface area contributed by atoms with Gasteiger partial charge in [0.25, 0.3) is 0 Å². The van der Waals surface area contributed by atoms with Crippen LogP contribution in [0.15, 0.2) is 114 Å². The van der Waals surface area contributed by atoms with E-state index in [1.165, 1.54) is 71.2 Å². The third-order valence-corrected chi connectivity index (χ3v) is 15.9. The van der Waals surface area contributed by atoms with Crippen LogP contribution < -0.4 is 14.3 Å². The van der Waals surface area contributed by atoms with E-state index in [2.05, 4.69) is 147 Å². The molecule has 4 nitrogen and oxygen atoms in total. The minimum absolute atomic E-state index is 0.247. The van der Waals surface area contributed by atoms with E-state index in [0.29, 0.717) is 17.5 Å². The molecule has 0 bridgehead atoms. The van der Waals surface area contributed by atoms with Gasteiger partial charge in [0, 0.05) is 51.2 Å². The van der Waals surface area contributed by atoms with Crippen molar-refractivity contribution < 1.29 is 13.6 Å². The fourth-order valence-electron chi connectivity index (χ4n) is 10.9. The number of fused-ring (bicyclic) bond motifs is 13. The zero-order chi connectivity index (χ0) is 39.9. The average Bonchev–Trinajstić information content (AvgIpc) is 3.88. The second kappa shape index (κ2) is 14.3. The highest BCUT2D eigenvalue weighted by Crippen LogP contribution is 2.47. The Morgan fingerprint density at radius 2 is 1.66 bits per heavy atom. The molecule has 0 N–H and O–H groups in total. The lowest BCUT2D eigenvalue weighted by atomic mass is 9.77. The van der Waals surface area contributed by atoms with Crippen molar-refractivity contribution in [3.05, 3.63) is 138 Å². The van der Waals surface area contributed by atoms with E-state index in [0.717, 1.165) is 64.2 Å². The maximum absolute atomic E-state index is 7.01. The summed E-state index contributed by atoms with van der Waals surface area (Å²) in [7, 11) is -1.67. The van der Waals surface area contributed by atoms with Crippen LogP contribution >= 0.6 is 0 Å². The molecule has 2 atom stereocenters. The van der Waals surface area contributed by atoms with Crippen LogP contribution in [0, 0.1) is 12.8 Å². The van der Waals surface area contributed by atoms with Crippen molar-refractivity contribution in [3.8, 4) is 33.8 Å². The van der Waals surface area contributed by atoms with Gasteiger partial charge < -0.3 is 4.42 Å². The summed E-state index contributed by atoms with van der Waals surface area (Å²) in [4.78, 5) is 5.13. The molecule has 3 aliphatic rings. The number of aryl methyl sites for hydroxylation is 2. The van der Waals surface area contributed by atoms with Crippen molar-refractivity contribution in [1.29, 1.82) is 0 Å². The van der Waals surface area contributed by atoms with Crippen LogP contribution in [0.5, 0.6) is 0 Å². The molecule has 0 saturated heterocycles. The van der Waals surface area contributed by atoms with Crippen molar-refractivity contribution >= 4 is 41.0 Å². The molecule has 2 aliphatic heterocycles. The number of aromatic nitrogens is 3. The lowest BCUT2D eigenvalue weighted by Gasteiger charge is -2.33. The third kappa shape index (κ3) is 6.28. The maximum atomic E-state index is 7.01. The molecule has 10 rings (SSSR count). The molecule has 3 aromatic carbocycles. The molecule has 0 radical (unpaired) electrons. The summed E-state index contributed by atoms with van der Waals surface area (Å²) in [5.74, 6) is 1.52. The number of furan rings is 1. The Morgan fingerprint density at radius 1 is 0.879 bits per heavy atom. The van der Waals surface area contributed by atoms with Gasteiger partial charge in [-0.15, -0.1) is 0 Å². The Morgan fingerprint density at radius 3 is 2.43 bits per heavy atom. The van der Waals surface area contributed by atoms with Gasteiger partial charge in [-0.2, -0.15) is 9.13 Å². The first-order valence-electron chi connectivity index (χ1n) is 21.9. The normalized spacial score (nSPS) is 18.2. The van der Waals surface area contributed by atoms with Crippen molar-refractivity contribution in [1.82, 2.24) is 4.98 Å². The Bertz CT molecular complexity index is 2750. The predicted octanol–water partition coefficient (Wildman–Crippen LogP) is 12.4. The number of rotatable bonds is 5. The first-order chi connectivity index (χ1) is 28.0. The minimum Gasteiger partial charge on any atom is -0.437 e. The van der Waals surface area contributed by atoms with Crippen LogP contribution in [-0.2, 0) is 12.8 Å². The zero-order valence-electron chi connectivity index (χ0n) is 35.2. The Kier molecular flexibility index (Phi) is 9.16. The molecule has 7 aromatic rings. The molecular formula is C53H57N3OSi+2. The maximum Gasteiger partial charge on any atom is 0.227 e. The zero-order valence-corrected chi connectivity index (χ0v) is 36.2. The summed E-state index contributed by atoms with van der Waals surface area (Å²) in [6, 6.07) is 34.1. The SMILES string of the molecule is C=C1CC2C(CCc3cc(C)c4c(oc5nc(-c6ccccc6)ccc54)c3-c3cc(C(C)C)cc[n+]31)c1ccccc1-c1cc(CC3CCCC3)c([Si](C)(C)C)c[n+]12.